The molecule has 1 N–H and O–H groups in total. The monoisotopic (exact) mass is 435 g/mol. The predicted octanol–water partition coefficient (Wildman–Crippen LogP) is 2.03. The first kappa shape index (κ1) is 24.6. The summed E-state index contributed by atoms with van der Waals surface area (Å²) in [5.74, 6) is 0.313. The zero-order valence-electron chi connectivity index (χ0n) is 19.3. The molecule has 172 valence electrons. The molecule has 0 aliphatic carbocycles. The summed E-state index contributed by atoms with van der Waals surface area (Å²) in [5, 5.41) is 10.5. The predicted molar refractivity (Wildman–Crippen MR) is 117 cm³/mol. The highest BCUT2D eigenvalue weighted by atomic mass is 16.5. The van der Waals surface area contributed by atoms with E-state index >= 15 is 0 Å². The summed E-state index contributed by atoms with van der Waals surface area (Å²) in [6.45, 7) is 9.60. The summed E-state index contributed by atoms with van der Waals surface area (Å²) in [4.78, 5) is 31.1. The number of rotatable bonds is 9. The summed E-state index contributed by atoms with van der Waals surface area (Å²) < 4.78 is 17.5. The molecule has 1 unspecified atom stereocenters. The van der Waals surface area contributed by atoms with Crippen LogP contribution in [0, 0.1) is 5.41 Å². The number of hydrogen-bond donors (Lipinski definition) is 1. The van der Waals surface area contributed by atoms with Gasteiger partial charge in [0.2, 0.25) is 0 Å². The van der Waals surface area contributed by atoms with Gasteiger partial charge in [-0.15, -0.1) is 0 Å². The molecule has 0 fully saturated rings. The minimum absolute atomic E-state index is 0.0682. The summed E-state index contributed by atoms with van der Waals surface area (Å²) >= 11 is 0. The number of hydrogen-bond acceptors (Lipinski definition) is 8. The summed E-state index contributed by atoms with van der Waals surface area (Å²) in [7, 11) is 3.40. The van der Waals surface area contributed by atoms with Crippen LogP contribution in [0.4, 0.5) is 0 Å². The number of likely N-dealkylation sites (N-methyl/N-ethyl adjacent to an activating group) is 1. The molecule has 1 aromatic carbocycles. The first-order chi connectivity index (χ1) is 14.4. The third-order valence-electron chi connectivity index (χ3n) is 4.87. The van der Waals surface area contributed by atoms with Gasteiger partial charge in [0.15, 0.2) is 18.2 Å². The Bertz CT molecular complexity index is 964. The molecule has 0 bridgehead atoms. The van der Waals surface area contributed by atoms with Crippen molar-refractivity contribution >= 4 is 16.9 Å². The van der Waals surface area contributed by atoms with Crippen molar-refractivity contribution in [1.29, 1.82) is 0 Å². The average Bonchev–Trinajstić information content (AvgIpc) is 2.70. The third kappa shape index (κ3) is 6.41. The Hall–Kier alpha value is -2.65. The van der Waals surface area contributed by atoms with E-state index in [1.54, 1.807) is 26.8 Å². The third-order valence-corrected chi connectivity index (χ3v) is 4.87. The van der Waals surface area contributed by atoms with Crippen LogP contribution in [-0.2, 0) is 16.3 Å². The molecule has 0 radical (unpaired) electrons. The molecule has 1 heterocycles. The second-order valence-corrected chi connectivity index (χ2v) is 8.85. The van der Waals surface area contributed by atoms with E-state index in [2.05, 4.69) is 4.98 Å². The van der Waals surface area contributed by atoms with E-state index in [0.29, 0.717) is 35.0 Å². The number of benzene rings is 1. The molecule has 31 heavy (non-hydrogen) atoms. The number of fused-ring (bicyclic) bond motifs is 1. The Morgan fingerprint density at radius 2 is 1.94 bits per heavy atom. The molecule has 2 rings (SSSR count). The molecule has 9 heteroatoms. The number of nitrogens with zero attached hydrogens (tertiary/aromatic N) is 3. The molecule has 0 aliphatic rings. The van der Waals surface area contributed by atoms with Crippen LogP contribution in [0.2, 0.25) is 0 Å². The topological polar surface area (TPSA) is 103 Å². The lowest BCUT2D eigenvalue weighted by atomic mass is 9.98. The van der Waals surface area contributed by atoms with Crippen molar-refractivity contribution in [2.24, 2.45) is 5.41 Å². The molecule has 1 atom stereocenters. The number of aliphatic hydroxyl groups excluding tert-OH is 1. The number of aromatic nitrogens is 2. The van der Waals surface area contributed by atoms with Crippen molar-refractivity contribution in [2.75, 3.05) is 27.3 Å². The largest absolute Gasteiger partial charge is 0.493 e. The zero-order valence-corrected chi connectivity index (χ0v) is 19.3. The SMILES string of the molecule is COc1cc2c(=O)n(COC(=O)C(C)(C)C)cnc2cc1OCC(O)CN(C)C(C)C. The van der Waals surface area contributed by atoms with Gasteiger partial charge >= 0.3 is 5.97 Å². The summed E-state index contributed by atoms with van der Waals surface area (Å²) in [6.07, 6.45) is 0.634. The van der Waals surface area contributed by atoms with Gasteiger partial charge in [-0.2, -0.15) is 0 Å². The number of aliphatic hydroxyl groups is 1. The van der Waals surface area contributed by atoms with E-state index < -0.39 is 17.5 Å². The Morgan fingerprint density at radius 1 is 1.26 bits per heavy atom. The van der Waals surface area contributed by atoms with Gasteiger partial charge < -0.3 is 24.2 Å². The van der Waals surface area contributed by atoms with Crippen LogP contribution in [0.1, 0.15) is 34.6 Å². The maximum atomic E-state index is 12.8. The van der Waals surface area contributed by atoms with Crippen molar-refractivity contribution < 1.29 is 24.1 Å². The molecule has 2 aromatic rings. The normalized spacial score (nSPS) is 13.0. The quantitative estimate of drug-likeness (QED) is 0.597. The molecule has 9 nitrogen and oxygen atoms in total. The average molecular weight is 436 g/mol. The standard InChI is InChI=1S/C22H33N3O6/c1-14(2)24(6)10-15(26)11-30-19-9-17-16(8-18(19)29-7)20(27)25(12-23-17)13-31-21(28)22(3,4)5/h8-9,12,14-15,26H,10-11,13H2,1-7H3. The van der Waals surface area contributed by atoms with Gasteiger partial charge in [-0.05, 0) is 47.7 Å². The fraction of sp³-hybridized carbons (Fsp3) is 0.591. The molecular weight excluding hydrogens is 402 g/mol. The number of carbonyl (C=O) groups excluding carboxylic acids is 1. The highest BCUT2D eigenvalue weighted by molar-refractivity contribution is 5.81. The molecule has 0 spiro atoms. The summed E-state index contributed by atoms with van der Waals surface area (Å²) in [5.41, 5.74) is -0.624. The van der Waals surface area contributed by atoms with Gasteiger partial charge in [0.1, 0.15) is 19.0 Å². The maximum Gasteiger partial charge on any atom is 0.312 e. The van der Waals surface area contributed by atoms with Crippen LogP contribution >= 0.6 is 0 Å². The van der Waals surface area contributed by atoms with Crippen LogP contribution in [0.25, 0.3) is 10.9 Å². The van der Waals surface area contributed by atoms with Gasteiger partial charge in [-0.25, -0.2) is 4.98 Å². The first-order valence-electron chi connectivity index (χ1n) is 10.2. The van der Waals surface area contributed by atoms with E-state index in [1.807, 2.05) is 25.8 Å². The lowest BCUT2D eigenvalue weighted by Gasteiger charge is -2.24. The van der Waals surface area contributed by atoms with Crippen LogP contribution in [0.5, 0.6) is 11.5 Å². The Labute approximate surface area is 182 Å². The molecule has 0 aliphatic heterocycles. The van der Waals surface area contributed by atoms with Crippen molar-refractivity contribution in [2.45, 2.75) is 53.5 Å². The van der Waals surface area contributed by atoms with Crippen molar-refractivity contribution in [3.8, 4) is 11.5 Å². The van der Waals surface area contributed by atoms with Crippen molar-refractivity contribution in [3.05, 3.63) is 28.8 Å². The van der Waals surface area contributed by atoms with Crippen LogP contribution in [0.15, 0.2) is 23.3 Å². The Kier molecular flexibility index (Phi) is 8.02. The van der Waals surface area contributed by atoms with Gasteiger partial charge in [-0.1, -0.05) is 0 Å². The van der Waals surface area contributed by atoms with Crippen LogP contribution in [-0.4, -0.2) is 65.0 Å². The van der Waals surface area contributed by atoms with E-state index in [4.69, 9.17) is 14.2 Å². The number of carbonyl (C=O) groups is 1. The smallest absolute Gasteiger partial charge is 0.312 e. The fourth-order valence-electron chi connectivity index (χ4n) is 2.66. The number of ether oxygens (including phenoxy) is 3. The minimum atomic E-state index is -0.689. The maximum absolute atomic E-state index is 12.8. The zero-order chi connectivity index (χ0) is 23.3. The van der Waals surface area contributed by atoms with Gasteiger partial charge in [0.05, 0.1) is 23.4 Å². The van der Waals surface area contributed by atoms with E-state index in [9.17, 15) is 14.7 Å². The lowest BCUT2D eigenvalue weighted by Crippen LogP contribution is -2.37. The Balaban J connectivity index is 2.21. The van der Waals surface area contributed by atoms with Crippen molar-refractivity contribution in [3.63, 3.8) is 0 Å². The second kappa shape index (κ2) is 10.1. The van der Waals surface area contributed by atoms with E-state index in [0.717, 1.165) is 0 Å². The van der Waals surface area contributed by atoms with E-state index in [1.165, 1.54) is 24.1 Å². The molecular formula is C22H33N3O6. The fourth-order valence-corrected chi connectivity index (χ4v) is 2.66. The second-order valence-electron chi connectivity index (χ2n) is 8.85. The lowest BCUT2D eigenvalue weighted by molar-refractivity contribution is -0.157. The van der Waals surface area contributed by atoms with Gasteiger partial charge in [0, 0.05) is 18.7 Å². The van der Waals surface area contributed by atoms with Crippen molar-refractivity contribution in [1.82, 2.24) is 14.5 Å². The van der Waals surface area contributed by atoms with E-state index in [-0.39, 0.29) is 18.9 Å². The first-order valence-corrected chi connectivity index (χ1v) is 10.2. The molecule has 0 saturated heterocycles. The minimum Gasteiger partial charge on any atom is -0.493 e. The number of methoxy groups -OCH3 is 1. The highest BCUT2D eigenvalue weighted by Gasteiger charge is 2.23. The number of esters is 1. The van der Waals surface area contributed by atoms with Gasteiger partial charge in [-0.3, -0.25) is 14.2 Å². The highest BCUT2D eigenvalue weighted by Crippen LogP contribution is 2.30. The van der Waals surface area contributed by atoms with Crippen LogP contribution in [0.3, 0.4) is 0 Å². The molecule has 0 saturated carbocycles. The van der Waals surface area contributed by atoms with Crippen LogP contribution < -0.4 is 15.0 Å². The van der Waals surface area contributed by atoms with Gasteiger partial charge in [0.25, 0.3) is 5.56 Å². The molecule has 0 amide bonds. The molecule has 1 aromatic heterocycles. The Morgan fingerprint density at radius 3 is 2.52 bits per heavy atom. The summed E-state index contributed by atoms with van der Waals surface area (Å²) in [6, 6.07) is 3.44.